The van der Waals surface area contributed by atoms with Crippen LogP contribution in [0.4, 0.5) is 5.69 Å². The Hall–Kier alpha value is -2.09. The normalized spacial score (nSPS) is 10.3. The van der Waals surface area contributed by atoms with Crippen LogP contribution in [0.5, 0.6) is 0 Å². The molecule has 0 N–H and O–H groups in total. The SMILES string of the molecule is CC(=O)N(Cc1ccc(C)cc1)c1ccc(C)cc1. The van der Waals surface area contributed by atoms with Crippen LogP contribution in [-0.4, -0.2) is 5.91 Å². The summed E-state index contributed by atoms with van der Waals surface area (Å²) in [5.74, 6) is 0.0597. The summed E-state index contributed by atoms with van der Waals surface area (Å²) < 4.78 is 0. The van der Waals surface area contributed by atoms with Crippen molar-refractivity contribution in [2.75, 3.05) is 4.90 Å². The van der Waals surface area contributed by atoms with Crippen molar-refractivity contribution in [3.05, 3.63) is 65.2 Å². The Morgan fingerprint density at radius 1 is 0.895 bits per heavy atom. The molecule has 2 nitrogen and oxygen atoms in total. The fraction of sp³-hybridized carbons (Fsp3) is 0.235. The lowest BCUT2D eigenvalue weighted by Gasteiger charge is -2.21. The average Bonchev–Trinajstić information content (AvgIpc) is 2.39. The fourth-order valence-corrected chi connectivity index (χ4v) is 1.99. The van der Waals surface area contributed by atoms with Crippen LogP contribution in [0, 0.1) is 13.8 Å². The van der Waals surface area contributed by atoms with Crippen molar-refractivity contribution in [3.8, 4) is 0 Å². The first kappa shape index (κ1) is 13.3. The molecule has 0 saturated heterocycles. The molecule has 0 aliphatic heterocycles. The highest BCUT2D eigenvalue weighted by Gasteiger charge is 2.11. The van der Waals surface area contributed by atoms with Gasteiger partial charge in [0, 0.05) is 12.6 Å². The van der Waals surface area contributed by atoms with Crippen molar-refractivity contribution in [3.63, 3.8) is 0 Å². The average molecular weight is 253 g/mol. The number of carbonyl (C=O) groups excluding carboxylic acids is 1. The van der Waals surface area contributed by atoms with Crippen molar-refractivity contribution in [2.45, 2.75) is 27.3 Å². The molecule has 0 atom stereocenters. The predicted molar refractivity (Wildman–Crippen MR) is 79.2 cm³/mol. The molecule has 0 aromatic heterocycles. The Morgan fingerprint density at radius 2 is 1.37 bits per heavy atom. The molecule has 2 heteroatoms. The zero-order valence-corrected chi connectivity index (χ0v) is 11.7. The molecule has 2 aromatic carbocycles. The molecule has 0 radical (unpaired) electrons. The molecule has 0 unspecified atom stereocenters. The first-order valence-electron chi connectivity index (χ1n) is 6.46. The monoisotopic (exact) mass is 253 g/mol. The number of hydrogen-bond acceptors (Lipinski definition) is 1. The quantitative estimate of drug-likeness (QED) is 0.813. The van der Waals surface area contributed by atoms with E-state index in [1.807, 2.05) is 31.2 Å². The Bertz CT molecular complexity index is 555. The van der Waals surface area contributed by atoms with Gasteiger partial charge in [-0.25, -0.2) is 0 Å². The maximum atomic E-state index is 11.8. The first-order valence-corrected chi connectivity index (χ1v) is 6.46. The Kier molecular flexibility index (Phi) is 4.00. The van der Waals surface area contributed by atoms with Crippen molar-refractivity contribution >= 4 is 11.6 Å². The number of carbonyl (C=O) groups is 1. The van der Waals surface area contributed by atoms with Crippen molar-refractivity contribution < 1.29 is 4.79 Å². The summed E-state index contributed by atoms with van der Waals surface area (Å²) in [6.45, 7) is 6.32. The molecule has 0 spiro atoms. The van der Waals surface area contributed by atoms with Gasteiger partial charge < -0.3 is 4.90 Å². The molecule has 0 fully saturated rings. The van der Waals surface area contributed by atoms with Gasteiger partial charge in [0.1, 0.15) is 0 Å². The molecule has 1 amide bonds. The smallest absolute Gasteiger partial charge is 0.224 e. The van der Waals surface area contributed by atoms with Gasteiger partial charge in [0.2, 0.25) is 5.91 Å². The number of nitrogens with zero attached hydrogens (tertiary/aromatic N) is 1. The van der Waals surface area contributed by atoms with Gasteiger partial charge in [0.15, 0.2) is 0 Å². The molecule has 0 aliphatic carbocycles. The Morgan fingerprint density at radius 3 is 1.84 bits per heavy atom. The van der Waals surface area contributed by atoms with Gasteiger partial charge >= 0.3 is 0 Å². The number of rotatable bonds is 3. The maximum absolute atomic E-state index is 11.8. The standard InChI is InChI=1S/C17H19NO/c1-13-4-8-16(9-5-13)12-18(15(3)19)17-10-6-14(2)7-11-17/h4-11H,12H2,1-3H3. The third-order valence-corrected chi connectivity index (χ3v) is 3.19. The Labute approximate surface area is 114 Å². The molecule has 0 saturated carbocycles. The largest absolute Gasteiger partial charge is 0.308 e. The molecule has 2 rings (SSSR count). The van der Waals surface area contributed by atoms with E-state index in [9.17, 15) is 4.79 Å². The third-order valence-electron chi connectivity index (χ3n) is 3.19. The van der Waals surface area contributed by atoms with Gasteiger partial charge in [0.05, 0.1) is 6.54 Å². The minimum absolute atomic E-state index is 0.0597. The van der Waals surface area contributed by atoms with Crippen LogP contribution >= 0.6 is 0 Å². The van der Waals surface area contributed by atoms with Crippen molar-refractivity contribution in [1.82, 2.24) is 0 Å². The number of benzene rings is 2. The number of amides is 1. The molecule has 19 heavy (non-hydrogen) atoms. The van der Waals surface area contributed by atoms with E-state index in [0.717, 1.165) is 11.3 Å². The van der Waals surface area contributed by atoms with E-state index in [4.69, 9.17) is 0 Å². The van der Waals surface area contributed by atoms with E-state index in [-0.39, 0.29) is 5.91 Å². The second kappa shape index (κ2) is 5.70. The fourth-order valence-electron chi connectivity index (χ4n) is 1.99. The minimum Gasteiger partial charge on any atom is -0.308 e. The lowest BCUT2D eigenvalue weighted by molar-refractivity contribution is -0.116. The van der Waals surface area contributed by atoms with Crippen LogP contribution in [0.2, 0.25) is 0 Å². The Balaban J connectivity index is 2.23. The zero-order valence-electron chi connectivity index (χ0n) is 11.7. The number of anilines is 1. The topological polar surface area (TPSA) is 20.3 Å². The van der Waals surface area contributed by atoms with Crippen LogP contribution in [0.15, 0.2) is 48.5 Å². The molecular weight excluding hydrogens is 234 g/mol. The second-order valence-corrected chi connectivity index (χ2v) is 4.93. The summed E-state index contributed by atoms with van der Waals surface area (Å²) in [4.78, 5) is 13.6. The van der Waals surface area contributed by atoms with E-state index >= 15 is 0 Å². The van der Waals surface area contributed by atoms with Gasteiger partial charge in [-0.05, 0) is 31.5 Å². The number of aryl methyl sites for hydroxylation is 2. The highest BCUT2D eigenvalue weighted by molar-refractivity contribution is 5.91. The zero-order chi connectivity index (χ0) is 13.8. The van der Waals surface area contributed by atoms with E-state index in [0.29, 0.717) is 6.54 Å². The van der Waals surface area contributed by atoms with Gasteiger partial charge in [-0.1, -0.05) is 47.5 Å². The lowest BCUT2D eigenvalue weighted by atomic mass is 10.1. The molecule has 0 bridgehead atoms. The minimum atomic E-state index is 0.0597. The third kappa shape index (κ3) is 3.44. The summed E-state index contributed by atoms with van der Waals surface area (Å²) in [5, 5.41) is 0. The van der Waals surface area contributed by atoms with Crippen LogP contribution < -0.4 is 4.90 Å². The van der Waals surface area contributed by atoms with Crippen molar-refractivity contribution in [2.24, 2.45) is 0 Å². The van der Waals surface area contributed by atoms with Gasteiger partial charge in [-0.3, -0.25) is 4.79 Å². The summed E-state index contributed by atoms with van der Waals surface area (Å²) in [6, 6.07) is 16.3. The van der Waals surface area contributed by atoms with Crippen LogP contribution in [-0.2, 0) is 11.3 Å². The molecule has 0 heterocycles. The molecule has 2 aromatic rings. The lowest BCUT2D eigenvalue weighted by Crippen LogP contribution is -2.27. The van der Waals surface area contributed by atoms with E-state index in [2.05, 4.69) is 31.2 Å². The van der Waals surface area contributed by atoms with Crippen molar-refractivity contribution in [1.29, 1.82) is 0 Å². The predicted octanol–water partition coefficient (Wildman–Crippen LogP) is 3.86. The van der Waals surface area contributed by atoms with Gasteiger partial charge in [0.25, 0.3) is 0 Å². The van der Waals surface area contributed by atoms with E-state index < -0.39 is 0 Å². The summed E-state index contributed by atoms with van der Waals surface area (Å²) in [6.07, 6.45) is 0. The molecular formula is C17H19NO. The maximum Gasteiger partial charge on any atom is 0.224 e. The van der Waals surface area contributed by atoms with Gasteiger partial charge in [-0.15, -0.1) is 0 Å². The molecule has 98 valence electrons. The van der Waals surface area contributed by atoms with Crippen LogP contribution in [0.25, 0.3) is 0 Å². The first-order chi connectivity index (χ1) is 9.06. The number of hydrogen-bond donors (Lipinski definition) is 0. The highest BCUT2D eigenvalue weighted by atomic mass is 16.2. The summed E-state index contributed by atoms with van der Waals surface area (Å²) in [5.41, 5.74) is 4.51. The van der Waals surface area contributed by atoms with Crippen LogP contribution in [0.3, 0.4) is 0 Å². The molecule has 0 aliphatic rings. The van der Waals surface area contributed by atoms with Crippen LogP contribution in [0.1, 0.15) is 23.6 Å². The summed E-state index contributed by atoms with van der Waals surface area (Å²) in [7, 11) is 0. The second-order valence-electron chi connectivity index (χ2n) is 4.93. The van der Waals surface area contributed by atoms with Gasteiger partial charge in [-0.2, -0.15) is 0 Å². The van der Waals surface area contributed by atoms with E-state index in [1.54, 1.807) is 11.8 Å². The highest BCUT2D eigenvalue weighted by Crippen LogP contribution is 2.18. The van der Waals surface area contributed by atoms with E-state index in [1.165, 1.54) is 11.1 Å². The summed E-state index contributed by atoms with van der Waals surface area (Å²) >= 11 is 0.